The Morgan fingerprint density at radius 1 is 1.24 bits per heavy atom. The van der Waals surface area contributed by atoms with Crippen LogP contribution in [0.25, 0.3) is 0 Å². The predicted molar refractivity (Wildman–Crippen MR) is 77.1 cm³/mol. The van der Waals surface area contributed by atoms with Gasteiger partial charge in [0.15, 0.2) is 0 Å². The zero-order valence-corrected chi connectivity index (χ0v) is 12.6. The molecule has 112 valence electrons. The van der Waals surface area contributed by atoms with Crippen LogP contribution in [0.5, 0.6) is 0 Å². The lowest BCUT2D eigenvalue weighted by atomic mass is 10.1. The van der Waals surface area contributed by atoms with Crippen molar-refractivity contribution in [2.75, 3.05) is 12.3 Å². The van der Waals surface area contributed by atoms with Gasteiger partial charge in [-0.15, -0.1) is 10.2 Å². The molecule has 0 saturated carbocycles. The van der Waals surface area contributed by atoms with Crippen LogP contribution in [0.1, 0.15) is 29.3 Å². The number of hydrogen-bond donors (Lipinski definition) is 0. The summed E-state index contributed by atoms with van der Waals surface area (Å²) >= 11 is 0. The topological polar surface area (TPSA) is 76.3 Å². The molecule has 21 heavy (non-hydrogen) atoms. The molecule has 1 fully saturated rings. The van der Waals surface area contributed by atoms with E-state index >= 15 is 0 Å². The second-order valence-electron chi connectivity index (χ2n) is 5.20. The number of aryl methyl sites for hydroxylation is 1. The standard InChI is InChI=1S/C14H17N3O3S/c1-11-5-2-3-6-12(11)9-13-15-16-14(20-13)10-17-7-4-8-21(17,18)19/h2-3,5-6H,4,7-10H2,1H3. The minimum absolute atomic E-state index is 0.170. The predicted octanol–water partition coefficient (Wildman–Crippen LogP) is 1.50. The Labute approximate surface area is 123 Å². The minimum Gasteiger partial charge on any atom is -0.423 e. The number of nitrogens with zero attached hydrogens (tertiary/aromatic N) is 3. The van der Waals surface area contributed by atoms with E-state index in [9.17, 15) is 8.42 Å². The third kappa shape index (κ3) is 3.14. The molecule has 3 rings (SSSR count). The van der Waals surface area contributed by atoms with Gasteiger partial charge in [0, 0.05) is 6.54 Å². The zero-order valence-electron chi connectivity index (χ0n) is 11.8. The zero-order chi connectivity index (χ0) is 14.9. The number of sulfonamides is 1. The lowest BCUT2D eigenvalue weighted by molar-refractivity contribution is 0.365. The van der Waals surface area contributed by atoms with Gasteiger partial charge in [-0.3, -0.25) is 0 Å². The fourth-order valence-corrected chi connectivity index (χ4v) is 3.88. The summed E-state index contributed by atoms with van der Waals surface area (Å²) in [7, 11) is -3.14. The Morgan fingerprint density at radius 3 is 2.71 bits per heavy atom. The molecular weight excluding hydrogens is 290 g/mol. The highest BCUT2D eigenvalue weighted by Crippen LogP contribution is 2.18. The van der Waals surface area contributed by atoms with Crippen molar-refractivity contribution in [2.24, 2.45) is 0 Å². The van der Waals surface area contributed by atoms with E-state index in [1.54, 1.807) is 0 Å². The van der Waals surface area contributed by atoms with E-state index in [2.05, 4.69) is 10.2 Å². The van der Waals surface area contributed by atoms with Crippen LogP contribution in [0, 0.1) is 6.92 Å². The smallest absolute Gasteiger partial charge is 0.231 e. The van der Waals surface area contributed by atoms with Gasteiger partial charge >= 0.3 is 0 Å². The van der Waals surface area contributed by atoms with E-state index < -0.39 is 10.0 Å². The summed E-state index contributed by atoms with van der Waals surface area (Å²) in [4.78, 5) is 0. The highest BCUT2D eigenvalue weighted by atomic mass is 32.2. The molecule has 2 aromatic rings. The molecule has 0 unspecified atom stereocenters. The van der Waals surface area contributed by atoms with Crippen LogP contribution in [-0.2, 0) is 23.0 Å². The third-order valence-electron chi connectivity index (χ3n) is 3.63. The van der Waals surface area contributed by atoms with E-state index in [-0.39, 0.29) is 12.3 Å². The molecule has 1 aromatic carbocycles. The first-order chi connectivity index (χ1) is 10.0. The van der Waals surface area contributed by atoms with Crippen LogP contribution < -0.4 is 0 Å². The van der Waals surface area contributed by atoms with E-state index in [1.165, 1.54) is 9.87 Å². The Kier molecular flexibility index (Phi) is 3.77. The van der Waals surface area contributed by atoms with E-state index in [4.69, 9.17) is 4.42 Å². The van der Waals surface area contributed by atoms with Crippen LogP contribution in [0.3, 0.4) is 0 Å². The van der Waals surface area contributed by atoms with E-state index in [1.807, 2.05) is 31.2 Å². The van der Waals surface area contributed by atoms with Gasteiger partial charge in [-0.1, -0.05) is 24.3 Å². The van der Waals surface area contributed by atoms with Gasteiger partial charge in [0.25, 0.3) is 0 Å². The maximum atomic E-state index is 11.7. The van der Waals surface area contributed by atoms with E-state index in [0.717, 1.165) is 5.56 Å². The molecule has 0 atom stereocenters. The molecule has 1 aliphatic rings. The Hall–Kier alpha value is -1.73. The first-order valence-corrected chi connectivity index (χ1v) is 8.49. The highest BCUT2D eigenvalue weighted by molar-refractivity contribution is 7.89. The molecule has 7 heteroatoms. The average molecular weight is 307 g/mol. The van der Waals surface area contributed by atoms with Gasteiger partial charge in [0.1, 0.15) is 0 Å². The van der Waals surface area contributed by atoms with Crippen molar-refractivity contribution in [2.45, 2.75) is 26.3 Å². The summed E-state index contributed by atoms with van der Waals surface area (Å²) in [6.07, 6.45) is 1.22. The third-order valence-corrected chi connectivity index (χ3v) is 5.53. The maximum Gasteiger partial charge on any atom is 0.231 e. The summed E-state index contributed by atoms with van der Waals surface area (Å²) in [5.41, 5.74) is 2.29. The molecule has 0 N–H and O–H groups in total. The lowest BCUT2D eigenvalue weighted by Gasteiger charge is -2.10. The van der Waals surface area contributed by atoms with Gasteiger partial charge in [-0.05, 0) is 24.5 Å². The fraction of sp³-hybridized carbons (Fsp3) is 0.429. The summed E-state index contributed by atoms with van der Waals surface area (Å²) in [5, 5.41) is 7.95. The summed E-state index contributed by atoms with van der Waals surface area (Å²) < 4.78 is 30.5. The SMILES string of the molecule is Cc1ccccc1Cc1nnc(CN2CCCS2(=O)=O)o1. The molecule has 1 aromatic heterocycles. The van der Waals surface area contributed by atoms with Crippen LogP contribution >= 0.6 is 0 Å². The van der Waals surface area contributed by atoms with Crippen molar-refractivity contribution in [1.29, 1.82) is 0 Å². The normalized spacial score (nSPS) is 18.1. The molecule has 0 amide bonds. The van der Waals surface area contributed by atoms with Crippen LogP contribution in [0.2, 0.25) is 0 Å². The van der Waals surface area contributed by atoms with Crippen molar-refractivity contribution < 1.29 is 12.8 Å². The molecule has 0 radical (unpaired) electrons. The van der Waals surface area contributed by atoms with Crippen molar-refractivity contribution in [3.8, 4) is 0 Å². The molecular formula is C14H17N3O3S. The van der Waals surface area contributed by atoms with Gasteiger partial charge in [-0.25, -0.2) is 8.42 Å². The molecule has 0 bridgehead atoms. The Morgan fingerprint density at radius 2 is 2.00 bits per heavy atom. The highest BCUT2D eigenvalue weighted by Gasteiger charge is 2.29. The first kappa shape index (κ1) is 14.2. The molecule has 6 nitrogen and oxygen atoms in total. The molecule has 0 aliphatic carbocycles. The van der Waals surface area contributed by atoms with Crippen molar-refractivity contribution in [1.82, 2.24) is 14.5 Å². The average Bonchev–Trinajstić information content (AvgIpc) is 3.00. The summed E-state index contributed by atoms with van der Waals surface area (Å²) in [5.74, 6) is 1.07. The fourth-order valence-electron chi connectivity index (χ4n) is 2.41. The number of rotatable bonds is 4. The maximum absolute atomic E-state index is 11.7. The monoisotopic (exact) mass is 307 g/mol. The Balaban J connectivity index is 1.71. The Bertz CT molecular complexity index is 739. The number of hydrogen-bond acceptors (Lipinski definition) is 5. The van der Waals surface area contributed by atoms with Crippen molar-refractivity contribution in [3.63, 3.8) is 0 Å². The van der Waals surface area contributed by atoms with Crippen LogP contribution in [0.4, 0.5) is 0 Å². The second kappa shape index (κ2) is 5.57. The first-order valence-electron chi connectivity index (χ1n) is 6.88. The van der Waals surface area contributed by atoms with Gasteiger partial charge < -0.3 is 4.42 Å². The molecule has 1 saturated heterocycles. The number of benzene rings is 1. The number of aromatic nitrogens is 2. The van der Waals surface area contributed by atoms with Crippen molar-refractivity contribution >= 4 is 10.0 Å². The lowest BCUT2D eigenvalue weighted by Crippen LogP contribution is -2.25. The van der Waals surface area contributed by atoms with Crippen LogP contribution in [-0.4, -0.2) is 35.2 Å². The van der Waals surface area contributed by atoms with Crippen LogP contribution in [0.15, 0.2) is 28.7 Å². The van der Waals surface area contributed by atoms with E-state index in [0.29, 0.717) is 31.2 Å². The minimum atomic E-state index is -3.14. The second-order valence-corrected chi connectivity index (χ2v) is 7.28. The quantitative estimate of drug-likeness (QED) is 0.855. The molecule has 0 spiro atoms. The molecule has 2 heterocycles. The van der Waals surface area contributed by atoms with Gasteiger partial charge in [0.2, 0.25) is 21.8 Å². The molecule has 1 aliphatic heterocycles. The largest absolute Gasteiger partial charge is 0.423 e. The summed E-state index contributed by atoms with van der Waals surface area (Å²) in [6, 6.07) is 8.00. The van der Waals surface area contributed by atoms with Crippen molar-refractivity contribution in [3.05, 3.63) is 47.2 Å². The van der Waals surface area contributed by atoms with Gasteiger partial charge in [0.05, 0.1) is 18.7 Å². The summed E-state index contributed by atoms with van der Waals surface area (Å²) in [6.45, 7) is 2.73. The van der Waals surface area contributed by atoms with Gasteiger partial charge in [-0.2, -0.15) is 4.31 Å².